The fourth-order valence-electron chi connectivity index (χ4n) is 3.55. The first kappa shape index (κ1) is 16.9. The number of carbonyl (C=O) groups excluding carboxylic acids is 2. The van der Waals surface area contributed by atoms with Crippen LogP contribution < -0.4 is 0 Å². The SMILES string of the molecule is CN(C(=O)C1CN(C(=O)c2ccc(F)c(F)c2)C1)C1CCCCC1. The van der Waals surface area contributed by atoms with Crippen LogP contribution in [-0.2, 0) is 4.79 Å². The largest absolute Gasteiger partial charge is 0.342 e. The second-order valence-electron chi connectivity index (χ2n) is 6.78. The minimum atomic E-state index is -1.04. The molecule has 1 saturated carbocycles. The van der Waals surface area contributed by atoms with Gasteiger partial charge in [-0.05, 0) is 31.0 Å². The lowest BCUT2D eigenvalue weighted by Gasteiger charge is -2.42. The molecule has 1 aromatic carbocycles. The summed E-state index contributed by atoms with van der Waals surface area (Å²) in [6, 6.07) is 3.43. The molecule has 0 N–H and O–H groups in total. The Balaban J connectivity index is 1.55. The van der Waals surface area contributed by atoms with Crippen molar-refractivity contribution in [2.24, 2.45) is 5.92 Å². The molecule has 1 saturated heterocycles. The van der Waals surface area contributed by atoms with Gasteiger partial charge in [0.15, 0.2) is 11.6 Å². The maximum atomic E-state index is 13.2. The summed E-state index contributed by atoms with van der Waals surface area (Å²) >= 11 is 0. The Hall–Kier alpha value is -1.98. The number of nitrogens with zero attached hydrogens (tertiary/aromatic N) is 2. The van der Waals surface area contributed by atoms with Gasteiger partial charge in [0, 0.05) is 31.7 Å². The normalized spacial score (nSPS) is 19.0. The minimum Gasteiger partial charge on any atom is -0.342 e. The van der Waals surface area contributed by atoms with Crippen molar-refractivity contribution in [2.75, 3.05) is 20.1 Å². The zero-order valence-electron chi connectivity index (χ0n) is 13.8. The number of likely N-dealkylation sites (tertiary alicyclic amines) is 1. The van der Waals surface area contributed by atoms with Crippen molar-refractivity contribution in [3.8, 4) is 0 Å². The molecule has 0 spiro atoms. The van der Waals surface area contributed by atoms with Crippen LogP contribution in [0.3, 0.4) is 0 Å². The zero-order chi connectivity index (χ0) is 17.3. The fraction of sp³-hybridized carbons (Fsp3) is 0.556. The quantitative estimate of drug-likeness (QED) is 0.852. The van der Waals surface area contributed by atoms with Crippen molar-refractivity contribution in [3.05, 3.63) is 35.4 Å². The Morgan fingerprint density at radius 1 is 1.08 bits per heavy atom. The monoisotopic (exact) mass is 336 g/mol. The molecule has 130 valence electrons. The average molecular weight is 336 g/mol. The van der Waals surface area contributed by atoms with Crippen LogP contribution in [0.1, 0.15) is 42.5 Å². The van der Waals surface area contributed by atoms with Gasteiger partial charge in [-0.25, -0.2) is 8.78 Å². The van der Waals surface area contributed by atoms with E-state index < -0.39 is 11.6 Å². The van der Waals surface area contributed by atoms with Gasteiger partial charge in [-0.15, -0.1) is 0 Å². The van der Waals surface area contributed by atoms with E-state index in [0.29, 0.717) is 19.1 Å². The Labute approximate surface area is 140 Å². The molecule has 24 heavy (non-hydrogen) atoms. The molecular weight excluding hydrogens is 314 g/mol. The van der Waals surface area contributed by atoms with Crippen LogP contribution >= 0.6 is 0 Å². The van der Waals surface area contributed by atoms with Crippen LogP contribution in [0.25, 0.3) is 0 Å². The summed E-state index contributed by atoms with van der Waals surface area (Å²) in [5.74, 6) is -2.48. The predicted octanol–water partition coefficient (Wildman–Crippen LogP) is 2.83. The average Bonchev–Trinajstić information content (AvgIpc) is 2.55. The van der Waals surface area contributed by atoms with Gasteiger partial charge in [0.1, 0.15) is 0 Å². The molecule has 4 nitrogen and oxygen atoms in total. The molecular formula is C18H22F2N2O2. The van der Waals surface area contributed by atoms with Crippen LogP contribution in [0, 0.1) is 17.6 Å². The maximum Gasteiger partial charge on any atom is 0.254 e. The minimum absolute atomic E-state index is 0.0798. The fourth-order valence-corrected chi connectivity index (χ4v) is 3.55. The van der Waals surface area contributed by atoms with Gasteiger partial charge in [0.05, 0.1) is 5.92 Å². The summed E-state index contributed by atoms with van der Waals surface area (Å²) in [5.41, 5.74) is 0.112. The lowest BCUT2D eigenvalue weighted by molar-refractivity contribution is -0.141. The first-order chi connectivity index (χ1) is 11.5. The molecule has 0 bridgehead atoms. The first-order valence-electron chi connectivity index (χ1n) is 8.48. The van der Waals surface area contributed by atoms with E-state index in [9.17, 15) is 18.4 Å². The smallest absolute Gasteiger partial charge is 0.254 e. The van der Waals surface area contributed by atoms with Gasteiger partial charge < -0.3 is 9.80 Å². The molecule has 2 fully saturated rings. The highest BCUT2D eigenvalue weighted by molar-refractivity contribution is 5.96. The zero-order valence-corrected chi connectivity index (χ0v) is 13.8. The van der Waals surface area contributed by atoms with E-state index >= 15 is 0 Å². The standard InChI is InChI=1S/C18H22F2N2O2/c1-21(14-5-3-2-4-6-14)17(23)13-10-22(11-13)18(24)12-7-8-15(19)16(20)9-12/h7-9,13-14H,2-6,10-11H2,1H3. The molecule has 0 atom stereocenters. The number of carbonyl (C=O) groups is 2. The summed E-state index contributed by atoms with van der Waals surface area (Å²) in [6.07, 6.45) is 5.65. The van der Waals surface area contributed by atoms with Crippen molar-refractivity contribution in [1.82, 2.24) is 9.80 Å². The van der Waals surface area contributed by atoms with Crippen molar-refractivity contribution in [3.63, 3.8) is 0 Å². The summed E-state index contributed by atoms with van der Waals surface area (Å²) in [7, 11) is 1.85. The Bertz CT molecular complexity index is 638. The lowest BCUT2D eigenvalue weighted by Crippen LogP contribution is -2.57. The molecule has 0 aromatic heterocycles. The van der Waals surface area contributed by atoms with E-state index in [1.807, 2.05) is 11.9 Å². The van der Waals surface area contributed by atoms with Crippen LogP contribution in [0.15, 0.2) is 18.2 Å². The second-order valence-corrected chi connectivity index (χ2v) is 6.78. The number of hydrogen-bond acceptors (Lipinski definition) is 2. The van der Waals surface area contributed by atoms with Crippen LogP contribution in [0.4, 0.5) is 8.78 Å². The van der Waals surface area contributed by atoms with Crippen LogP contribution in [0.2, 0.25) is 0 Å². The maximum absolute atomic E-state index is 13.2. The van der Waals surface area contributed by atoms with Crippen molar-refractivity contribution in [1.29, 1.82) is 0 Å². The van der Waals surface area contributed by atoms with E-state index in [1.54, 1.807) is 0 Å². The third-order valence-electron chi connectivity index (χ3n) is 5.15. The number of rotatable bonds is 3. The molecule has 1 aliphatic heterocycles. The van der Waals surface area contributed by atoms with Gasteiger partial charge in [0.2, 0.25) is 5.91 Å². The Morgan fingerprint density at radius 2 is 1.75 bits per heavy atom. The van der Waals surface area contributed by atoms with Gasteiger partial charge >= 0.3 is 0 Å². The second kappa shape index (κ2) is 6.87. The third kappa shape index (κ3) is 3.28. The topological polar surface area (TPSA) is 40.6 Å². The number of benzene rings is 1. The Kier molecular flexibility index (Phi) is 4.83. The highest BCUT2D eigenvalue weighted by atomic mass is 19.2. The summed E-state index contributed by atoms with van der Waals surface area (Å²) < 4.78 is 26.2. The third-order valence-corrected chi connectivity index (χ3v) is 5.15. The molecule has 1 aromatic rings. The molecule has 1 heterocycles. The molecule has 3 rings (SSSR count). The van der Waals surface area contributed by atoms with E-state index in [1.165, 1.54) is 17.4 Å². The van der Waals surface area contributed by atoms with E-state index in [2.05, 4.69) is 0 Å². The first-order valence-corrected chi connectivity index (χ1v) is 8.48. The molecule has 6 heteroatoms. The summed E-state index contributed by atoms with van der Waals surface area (Å²) in [5, 5.41) is 0. The van der Waals surface area contributed by atoms with E-state index in [-0.39, 0.29) is 23.3 Å². The lowest BCUT2D eigenvalue weighted by atomic mass is 9.91. The van der Waals surface area contributed by atoms with Gasteiger partial charge in [-0.3, -0.25) is 9.59 Å². The Morgan fingerprint density at radius 3 is 2.38 bits per heavy atom. The van der Waals surface area contributed by atoms with Crippen molar-refractivity contribution < 1.29 is 18.4 Å². The molecule has 0 radical (unpaired) electrons. The highest BCUT2D eigenvalue weighted by Crippen LogP contribution is 2.26. The van der Waals surface area contributed by atoms with Gasteiger partial charge in [0.25, 0.3) is 5.91 Å². The summed E-state index contributed by atoms with van der Waals surface area (Å²) in [4.78, 5) is 28.1. The van der Waals surface area contributed by atoms with E-state index in [4.69, 9.17) is 0 Å². The van der Waals surface area contributed by atoms with E-state index in [0.717, 1.165) is 37.8 Å². The summed E-state index contributed by atoms with van der Waals surface area (Å²) in [6.45, 7) is 0.682. The van der Waals surface area contributed by atoms with Crippen molar-refractivity contribution in [2.45, 2.75) is 38.1 Å². The van der Waals surface area contributed by atoms with Crippen LogP contribution in [-0.4, -0.2) is 47.8 Å². The van der Waals surface area contributed by atoms with Gasteiger partial charge in [-0.2, -0.15) is 0 Å². The number of halogens is 2. The molecule has 0 unspecified atom stereocenters. The molecule has 2 amide bonds. The molecule has 1 aliphatic carbocycles. The van der Waals surface area contributed by atoms with Crippen LogP contribution in [0.5, 0.6) is 0 Å². The molecule has 2 aliphatic rings. The van der Waals surface area contributed by atoms with Crippen molar-refractivity contribution >= 4 is 11.8 Å². The number of amides is 2. The number of hydrogen-bond donors (Lipinski definition) is 0. The highest BCUT2D eigenvalue weighted by Gasteiger charge is 2.39. The predicted molar refractivity (Wildman–Crippen MR) is 85.4 cm³/mol. The van der Waals surface area contributed by atoms with Gasteiger partial charge in [-0.1, -0.05) is 19.3 Å².